The van der Waals surface area contributed by atoms with Gasteiger partial charge in [-0.25, -0.2) is 0 Å². The molecule has 18 heavy (non-hydrogen) atoms. The Balaban J connectivity index is 1.81. The van der Waals surface area contributed by atoms with Gasteiger partial charge in [-0.15, -0.1) is 0 Å². The SMILES string of the molecule is C/C=C(\C1CC(C)(CC)C12CC2)C1(C)CC(C)C1. The first-order chi connectivity index (χ1) is 8.41. The summed E-state index contributed by atoms with van der Waals surface area (Å²) in [5.74, 6) is 1.89. The van der Waals surface area contributed by atoms with Gasteiger partial charge in [-0.2, -0.15) is 0 Å². The van der Waals surface area contributed by atoms with Gasteiger partial charge in [-0.1, -0.05) is 45.8 Å². The molecule has 0 aromatic rings. The maximum atomic E-state index is 2.55. The van der Waals surface area contributed by atoms with Crippen molar-refractivity contribution in [3.05, 3.63) is 11.6 Å². The Morgan fingerprint density at radius 2 is 1.78 bits per heavy atom. The summed E-state index contributed by atoms with van der Waals surface area (Å²) >= 11 is 0. The lowest BCUT2D eigenvalue weighted by Gasteiger charge is -2.60. The Morgan fingerprint density at radius 1 is 1.17 bits per heavy atom. The predicted octanol–water partition coefficient (Wildman–Crippen LogP) is 5.59. The van der Waals surface area contributed by atoms with Crippen LogP contribution in [-0.2, 0) is 0 Å². The topological polar surface area (TPSA) is 0 Å². The van der Waals surface area contributed by atoms with Crippen molar-refractivity contribution in [1.29, 1.82) is 0 Å². The fourth-order valence-corrected chi connectivity index (χ4v) is 5.81. The third kappa shape index (κ3) is 1.38. The van der Waals surface area contributed by atoms with Crippen LogP contribution in [0, 0.1) is 28.1 Å². The normalized spacial score (nSPS) is 49.7. The third-order valence-corrected chi connectivity index (χ3v) is 7.07. The highest BCUT2D eigenvalue weighted by Gasteiger charge is 2.69. The molecule has 0 aliphatic heterocycles. The van der Waals surface area contributed by atoms with E-state index < -0.39 is 0 Å². The number of hydrogen-bond donors (Lipinski definition) is 0. The molecule has 0 amide bonds. The van der Waals surface area contributed by atoms with Crippen molar-refractivity contribution >= 4 is 0 Å². The van der Waals surface area contributed by atoms with Crippen LogP contribution < -0.4 is 0 Å². The maximum Gasteiger partial charge on any atom is -0.0108 e. The molecule has 0 aromatic carbocycles. The molecule has 102 valence electrons. The Kier molecular flexibility index (Phi) is 2.58. The molecular formula is C18H30. The Bertz CT molecular complexity index is 379. The summed E-state index contributed by atoms with van der Waals surface area (Å²) in [4.78, 5) is 0. The number of allylic oxidation sites excluding steroid dienone is 2. The van der Waals surface area contributed by atoms with Crippen molar-refractivity contribution < 1.29 is 0 Å². The van der Waals surface area contributed by atoms with Gasteiger partial charge in [0, 0.05) is 0 Å². The Labute approximate surface area is 113 Å². The highest BCUT2D eigenvalue weighted by atomic mass is 14.7. The van der Waals surface area contributed by atoms with E-state index in [1.807, 2.05) is 5.57 Å². The van der Waals surface area contributed by atoms with Gasteiger partial charge in [0.25, 0.3) is 0 Å². The molecule has 3 saturated carbocycles. The van der Waals surface area contributed by atoms with E-state index in [0.717, 1.165) is 17.3 Å². The molecule has 1 spiro atoms. The zero-order valence-electron chi connectivity index (χ0n) is 13.0. The molecule has 3 rings (SSSR count). The first kappa shape index (κ1) is 12.8. The van der Waals surface area contributed by atoms with Crippen LogP contribution in [0.1, 0.15) is 73.1 Å². The minimum absolute atomic E-state index is 0.559. The third-order valence-electron chi connectivity index (χ3n) is 7.07. The van der Waals surface area contributed by atoms with Gasteiger partial charge < -0.3 is 0 Å². The van der Waals surface area contributed by atoms with Gasteiger partial charge in [0.15, 0.2) is 0 Å². The molecule has 0 saturated heterocycles. The zero-order valence-corrected chi connectivity index (χ0v) is 13.0. The fourth-order valence-electron chi connectivity index (χ4n) is 5.81. The van der Waals surface area contributed by atoms with E-state index in [4.69, 9.17) is 0 Å². The monoisotopic (exact) mass is 246 g/mol. The smallest absolute Gasteiger partial charge is 0.0108 e. The van der Waals surface area contributed by atoms with Gasteiger partial charge >= 0.3 is 0 Å². The minimum Gasteiger partial charge on any atom is -0.0876 e. The molecule has 3 aliphatic rings. The molecular weight excluding hydrogens is 216 g/mol. The predicted molar refractivity (Wildman–Crippen MR) is 78.4 cm³/mol. The average molecular weight is 246 g/mol. The molecule has 3 fully saturated rings. The molecule has 0 radical (unpaired) electrons. The summed E-state index contributed by atoms with van der Waals surface area (Å²) in [7, 11) is 0. The van der Waals surface area contributed by atoms with Gasteiger partial charge in [0.1, 0.15) is 0 Å². The quantitative estimate of drug-likeness (QED) is 0.570. The van der Waals surface area contributed by atoms with E-state index >= 15 is 0 Å². The molecule has 0 aromatic heterocycles. The zero-order chi connectivity index (χ0) is 13.2. The molecule has 0 heteroatoms. The summed E-state index contributed by atoms with van der Waals surface area (Å²) in [6.07, 6.45) is 11.2. The first-order valence-corrected chi connectivity index (χ1v) is 8.07. The van der Waals surface area contributed by atoms with Crippen molar-refractivity contribution in [3.63, 3.8) is 0 Å². The highest BCUT2D eigenvalue weighted by molar-refractivity contribution is 5.32. The molecule has 0 nitrogen and oxygen atoms in total. The van der Waals surface area contributed by atoms with Crippen LogP contribution in [0.3, 0.4) is 0 Å². The van der Waals surface area contributed by atoms with Gasteiger partial charge in [0.05, 0.1) is 0 Å². The van der Waals surface area contributed by atoms with Crippen LogP contribution >= 0.6 is 0 Å². The van der Waals surface area contributed by atoms with E-state index in [1.54, 1.807) is 0 Å². The largest absolute Gasteiger partial charge is 0.0876 e. The van der Waals surface area contributed by atoms with Crippen molar-refractivity contribution in [2.24, 2.45) is 28.1 Å². The van der Waals surface area contributed by atoms with E-state index in [9.17, 15) is 0 Å². The van der Waals surface area contributed by atoms with E-state index in [1.165, 1.54) is 38.5 Å². The molecule has 3 aliphatic carbocycles. The second-order valence-electron chi connectivity index (χ2n) is 8.15. The lowest BCUT2D eigenvalue weighted by molar-refractivity contribution is -0.0552. The molecule has 0 bridgehead atoms. The van der Waals surface area contributed by atoms with Gasteiger partial charge in [-0.05, 0) is 67.1 Å². The number of rotatable bonds is 3. The summed E-state index contributed by atoms with van der Waals surface area (Å²) in [5, 5.41) is 0. The summed E-state index contributed by atoms with van der Waals surface area (Å²) in [6, 6.07) is 0. The lowest BCUT2D eigenvalue weighted by atomic mass is 9.44. The first-order valence-electron chi connectivity index (χ1n) is 8.07. The van der Waals surface area contributed by atoms with Crippen LogP contribution in [0.25, 0.3) is 0 Å². The molecule has 2 atom stereocenters. The molecule has 2 unspecified atom stereocenters. The summed E-state index contributed by atoms with van der Waals surface area (Å²) in [6.45, 7) is 12.2. The van der Waals surface area contributed by atoms with Crippen LogP contribution in [0.5, 0.6) is 0 Å². The summed E-state index contributed by atoms with van der Waals surface area (Å²) in [5.41, 5.74) is 3.79. The van der Waals surface area contributed by atoms with Gasteiger partial charge in [0.2, 0.25) is 0 Å². The Hall–Kier alpha value is -0.260. The second kappa shape index (κ2) is 3.64. The molecule has 0 N–H and O–H groups in total. The van der Waals surface area contributed by atoms with Crippen LogP contribution in [0.15, 0.2) is 11.6 Å². The van der Waals surface area contributed by atoms with E-state index in [-0.39, 0.29) is 0 Å². The second-order valence-corrected chi connectivity index (χ2v) is 8.15. The van der Waals surface area contributed by atoms with Crippen molar-refractivity contribution in [3.8, 4) is 0 Å². The maximum absolute atomic E-state index is 2.55. The minimum atomic E-state index is 0.559. The molecule has 0 heterocycles. The van der Waals surface area contributed by atoms with Crippen molar-refractivity contribution in [2.75, 3.05) is 0 Å². The average Bonchev–Trinajstić information content (AvgIpc) is 3.09. The van der Waals surface area contributed by atoms with Crippen LogP contribution in [0.2, 0.25) is 0 Å². The van der Waals surface area contributed by atoms with Crippen molar-refractivity contribution in [2.45, 2.75) is 73.1 Å². The fraction of sp³-hybridized carbons (Fsp3) is 0.889. The summed E-state index contributed by atoms with van der Waals surface area (Å²) < 4.78 is 0. The van der Waals surface area contributed by atoms with E-state index in [2.05, 4.69) is 40.7 Å². The van der Waals surface area contributed by atoms with Gasteiger partial charge in [-0.3, -0.25) is 0 Å². The van der Waals surface area contributed by atoms with E-state index in [0.29, 0.717) is 10.8 Å². The van der Waals surface area contributed by atoms with Crippen LogP contribution in [0.4, 0.5) is 0 Å². The van der Waals surface area contributed by atoms with Crippen LogP contribution in [-0.4, -0.2) is 0 Å². The van der Waals surface area contributed by atoms with Crippen molar-refractivity contribution in [1.82, 2.24) is 0 Å². The highest BCUT2D eigenvalue weighted by Crippen LogP contribution is 2.78. The standard InChI is InChI=1S/C18H30/c1-6-14(16(4)10-13(3)11-16)15-12-17(5,7-2)18(15)8-9-18/h6,13,15H,7-12H2,1-5H3/b14-6+. The number of hydrogen-bond acceptors (Lipinski definition) is 0. The Morgan fingerprint density at radius 3 is 2.17 bits per heavy atom. The lowest BCUT2D eigenvalue weighted by Crippen LogP contribution is -2.52.